The van der Waals surface area contributed by atoms with E-state index in [2.05, 4.69) is 15.4 Å². The van der Waals surface area contributed by atoms with Crippen LogP contribution in [-0.4, -0.2) is 45.6 Å². The van der Waals surface area contributed by atoms with Gasteiger partial charge in [0.15, 0.2) is 0 Å². The summed E-state index contributed by atoms with van der Waals surface area (Å²) in [5, 5.41) is 6.54. The lowest BCUT2D eigenvalue weighted by atomic mass is 10.0. The zero-order valence-electron chi connectivity index (χ0n) is 18.0. The number of carbonyl (C=O) groups is 1. The van der Waals surface area contributed by atoms with Crippen molar-refractivity contribution in [3.05, 3.63) is 23.3 Å². The second kappa shape index (κ2) is 10.8. The summed E-state index contributed by atoms with van der Waals surface area (Å²) in [6.45, 7) is 7.33. The van der Waals surface area contributed by atoms with Gasteiger partial charge in [-0.15, -0.1) is 12.4 Å². The molecule has 2 aliphatic rings. The number of fused-ring (bicyclic) bond motifs is 1. The molecule has 1 aromatic carbocycles. The van der Waals surface area contributed by atoms with Gasteiger partial charge < -0.3 is 15.4 Å². The predicted octanol–water partition coefficient (Wildman–Crippen LogP) is 2.77. The van der Waals surface area contributed by atoms with Crippen molar-refractivity contribution in [1.29, 1.82) is 0 Å². The molecular weight excluding hydrogens is 426 g/mol. The predicted molar refractivity (Wildman–Crippen MR) is 120 cm³/mol. The molecule has 0 aliphatic carbocycles. The van der Waals surface area contributed by atoms with Crippen LogP contribution in [0.3, 0.4) is 0 Å². The van der Waals surface area contributed by atoms with E-state index >= 15 is 0 Å². The lowest BCUT2D eigenvalue weighted by Crippen LogP contribution is -2.47. The lowest BCUT2D eigenvalue weighted by Gasteiger charge is -2.24. The summed E-state index contributed by atoms with van der Waals surface area (Å²) < 4.78 is 34.0. The minimum absolute atomic E-state index is 0. The molecule has 1 amide bonds. The third-order valence-electron chi connectivity index (χ3n) is 5.68. The first kappa shape index (κ1) is 24.9. The van der Waals surface area contributed by atoms with Crippen molar-refractivity contribution >= 4 is 28.3 Å². The lowest BCUT2D eigenvalue weighted by molar-refractivity contribution is 0.0922. The molecule has 1 saturated heterocycles. The molecule has 3 atom stereocenters. The second-order valence-corrected chi connectivity index (χ2v) is 9.80. The summed E-state index contributed by atoms with van der Waals surface area (Å²) in [6.07, 6.45) is 5.11. The van der Waals surface area contributed by atoms with Gasteiger partial charge in [0, 0.05) is 25.0 Å². The van der Waals surface area contributed by atoms with Gasteiger partial charge in [0.05, 0.1) is 10.5 Å². The smallest absolute Gasteiger partial charge is 0.255 e. The highest BCUT2D eigenvalue weighted by atomic mass is 35.5. The Kier molecular flexibility index (Phi) is 8.97. The number of halogens is 1. The van der Waals surface area contributed by atoms with Crippen LogP contribution in [0, 0.1) is 0 Å². The van der Waals surface area contributed by atoms with Gasteiger partial charge in [0.2, 0.25) is 10.0 Å². The van der Waals surface area contributed by atoms with Crippen LogP contribution in [0.4, 0.5) is 0 Å². The van der Waals surface area contributed by atoms with Crippen molar-refractivity contribution in [2.75, 3.05) is 13.1 Å². The third kappa shape index (κ3) is 5.66. The van der Waals surface area contributed by atoms with Gasteiger partial charge in [-0.05, 0) is 56.8 Å². The summed E-state index contributed by atoms with van der Waals surface area (Å²) in [6, 6.07) is 3.34. The van der Waals surface area contributed by atoms with Crippen LogP contribution in [-0.2, 0) is 16.4 Å². The van der Waals surface area contributed by atoms with Crippen LogP contribution in [0.2, 0.25) is 0 Å². The molecule has 1 aromatic rings. The summed E-state index contributed by atoms with van der Waals surface area (Å²) in [5.41, 5.74) is 1.08. The SMILES string of the molecule is CCCCNS(=O)(=O)c1cc2c(c(C(=O)NC(CC)C3CCCN3)c1)OC(C)C2.Cl. The second-order valence-electron chi connectivity index (χ2n) is 8.03. The van der Waals surface area contributed by atoms with Gasteiger partial charge in [-0.25, -0.2) is 13.1 Å². The number of carbonyl (C=O) groups excluding carboxylic acids is 1. The van der Waals surface area contributed by atoms with Gasteiger partial charge in [-0.2, -0.15) is 0 Å². The zero-order valence-corrected chi connectivity index (χ0v) is 19.6. The number of ether oxygens (including phenoxy) is 1. The summed E-state index contributed by atoms with van der Waals surface area (Å²) in [7, 11) is -3.68. The number of sulfonamides is 1. The molecule has 0 aromatic heterocycles. The van der Waals surface area contributed by atoms with Crippen molar-refractivity contribution < 1.29 is 17.9 Å². The van der Waals surface area contributed by atoms with Gasteiger partial charge in [0.25, 0.3) is 5.91 Å². The minimum Gasteiger partial charge on any atom is -0.489 e. The maximum Gasteiger partial charge on any atom is 0.255 e. The van der Waals surface area contributed by atoms with Crippen LogP contribution >= 0.6 is 12.4 Å². The standard InChI is InChI=1S/C21H33N3O4S.ClH/c1-4-6-10-23-29(26,27)16-12-15-11-14(3)28-20(15)17(13-16)21(25)24-18(5-2)19-8-7-9-22-19;/h12-14,18-19,22-23H,4-11H2,1-3H3,(H,24,25);1H. The summed E-state index contributed by atoms with van der Waals surface area (Å²) in [5.74, 6) is 0.234. The summed E-state index contributed by atoms with van der Waals surface area (Å²) in [4.78, 5) is 13.3. The number of benzene rings is 1. The normalized spacial score (nSPS) is 21.4. The maximum atomic E-state index is 13.1. The minimum atomic E-state index is -3.68. The number of amides is 1. The Balaban J connectivity index is 0.00000320. The fraction of sp³-hybridized carbons (Fsp3) is 0.667. The van der Waals surface area contributed by atoms with Gasteiger partial charge in [-0.1, -0.05) is 20.3 Å². The topological polar surface area (TPSA) is 96.5 Å². The van der Waals surface area contributed by atoms with Crippen molar-refractivity contribution in [2.45, 2.75) is 82.4 Å². The molecule has 0 saturated carbocycles. The zero-order chi connectivity index (χ0) is 21.0. The molecule has 1 fully saturated rings. The Morgan fingerprint density at radius 3 is 2.73 bits per heavy atom. The van der Waals surface area contributed by atoms with Gasteiger partial charge in [0.1, 0.15) is 11.9 Å². The Morgan fingerprint density at radius 2 is 2.10 bits per heavy atom. The van der Waals surface area contributed by atoms with E-state index in [9.17, 15) is 13.2 Å². The highest BCUT2D eigenvalue weighted by Gasteiger charge is 2.31. The number of hydrogen-bond acceptors (Lipinski definition) is 5. The van der Waals surface area contributed by atoms with Crippen LogP contribution in [0.1, 0.15) is 68.8 Å². The van der Waals surface area contributed by atoms with E-state index in [1.807, 2.05) is 20.8 Å². The molecule has 3 N–H and O–H groups in total. The van der Waals surface area contributed by atoms with Crippen LogP contribution in [0.15, 0.2) is 17.0 Å². The van der Waals surface area contributed by atoms with Crippen LogP contribution in [0.5, 0.6) is 5.75 Å². The van der Waals surface area contributed by atoms with Gasteiger partial charge >= 0.3 is 0 Å². The molecule has 30 heavy (non-hydrogen) atoms. The third-order valence-corrected chi connectivity index (χ3v) is 7.12. The molecule has 0 radical (unpaired) electrons. The van der Waals surface area contributed by atoms with Crippen molar-refractivity contribution in [3.63, 3.8) is 0 Å². The van der Waals surface area contributed by atoms with E-state index in [0.717, 1.165) is 44.2 Å². The first-order chi connectivity index (χ1) is 13.9. The van der Waals surface area contributed by atoms with Crippen molar-refractivity contribution in [1.82, 2.24) is 15.4 Å². The average molecular weight is 460 g/mol. The number of rotatable bonds is 9. The van der Waals surface area contributed by atoms with Crippen LogP contribution in [0.25, 0.3) is 0 Å². The Morgan fingerprint density at radius 1 is 1.33 bits per heavy atom. The highest BCUT2D eigenvalue weighted by Crippen LogP contribution is 2.35. The molecule has 7 nitrogen and oxygen atoms in total. The van der Waals surface area contributed by atoms with E-state index in [0.29, 0.717) is 24.3 Å². The first-order valence-electron chi connectivity index (χ1n) is 10.7. The van der Waals surface area contributed by atoms with Crippen molar-refractivity contribution in [2.24, 2.45) is 0 Å². The number of hydrogen-bond donors (Lipinski definition) is 3. The number of nitrogens with one attached hydrogen (secondary N) is 3. The molecule has 3 rings (SSSR count). The molecule has 170 valence electrons. The Hall–Kier alpha value is -1.35. The van der Waals surface area contributed by atoms with E-state index in [1.165, 1.54) is 6.07 Å². The fourth-order valence-electron chi connectivity index (χ4n) is 4.08. The molecule has 9 heteroatoms. The molecule has 2 heterocycles. The molecule has 0 bridgehead atoms. The summed E-state index contributed by atoms with van der Waals surface area (Å²) >= 11 is 0. The molecule has 3 unspecified atom stereocenters. The first-order valence-corrected chi connectivity index (χ1v) is 12.2. The Bertz CT molecular complexity index is 841. The highest BCUT2D eigenvalue weighted by molar-refractivity contribution is 7.89. The maximum absolute atomic E-state index is 13.1. The fourth-order valence-corrected chi connectivity index (χ4v) is 5.23. The molecule has 0 spiro atoms. The largest absolute Gasteiger partial charge is 0.489 e. The van der Waals surface area contributed by atoms with E-state index in [-0.39, 0.29) is 41.4 Å². The van der Waals surface area contributed by atoms with E-state index in [4.69, 9.17) is 4.74 Å². The number of unbranched alkanes of at least 4 members (excludes halogenated alkanes) is 1. The van der Waals surface area contributed by atoms with Crippen LogP contribution < -0.4 is 20.1 Å². The Labute approximate surface area is 186 Å². The van der Waals surface area contributed by atoms with E-state index < -0.39 is 10.0 Å². The van der Waals surface area contributed by atoms with Crippen molar-refractivity contribution in [3.8, 4) is 5.75 Å². The van der Waals surface area contributed by atoms with E-state index in [1.54, 1.807) is 6.07 Å². The molecular formula is C21H34ClN3O4S. The quantitative estimate of drug-likeness (QED) is 0.493. The average Bonchev–Trinajstić information content (AvgIpc) is 3.33. The molecule has 2 aliphatic heterocycles. The monoisotopic (exact) mass is 459 g/mol. The van der Waals surface area contributed by atoms with Gasteiger partial charge in [-0.3, -0.25) is 4.79 Å².